The number of allylic oxidation sites excluding steroid dienone is 2. The Labute approximate surface area is 41.5 Å². The molecular weight excluding hydrogens is 55.0 g/mol. The van der Waals surface area contributed by atoms with E-state index in [0.717, 1.165) is 4.59 Å². The van der Waals surface area contributed by atoms with Crippen LogP contribution in [0.1, 0.15) is 6.42 Å². The molecule has 0 aliphatic heterocycles. The maximum atomic E-state index is 2.22. The first kappa shape index (κ1) is 3.52. The Morgan fingerprint density at radius 2 is 2.20 bits per heavy atom. The molecule has 22 valence electrons. The van der Waals surface area contributed by atoms with E-state index in [1.54, 1.807) is 0 Å². The van der Waals surface area contributed by atoms with Crippen molar-refractivity contribution >= 4 is 17.7 Å². The van der Waals surface area contributed by atoms with Crippen molar-refractivity contribution in [1.29, 1.82) is 0 Å². The van der Waals surface area contributed by atoms with Crippen LogP contribution in [-0.4, -0.2) is 17.7 Å². The fourth-order valence-electron chi connectivity index (χ4n) is 0.408. The van der Waals surface area contributed by atoms with Gasteiger partial charge in [-0.3, -0.25) is 0 Å². The summed E-state index contributed by atoms with van der Waals surface area (Å²) in [5.74, 6) is 0. The van der Waals surface area contributed by atoms with Crippen LogP contribution in [0.15, 0.2) is 12.2 Å². The van der Waals surface area contributed by atoms with E-state index >= 15 is 0 Å². The molecule has 0 amide bonds. The van der Waals surface area contributed by atoms with Crippen LogP contribution in [0.5, 0.6) is 0 Å². The molecule has 1 atom stereocenters. The minimum atomic E-state index is 0.884. The van der Waals surface area contributed by atoms with Gasteiger partial charge in [-0.15, -0.1) is 0 Å². The number of rotatable bonds is 0. The first-order valence-electron chi connectivity index (χ1n) is 2.06. The van der Waals surface area contributed by atoms with Crippen LogP contribution in [-0.2, 0) is 0 Å². The average molecular weight is 60.0 g/mol. The predicted octanol–water partition coefficient (Wildman–Crippen LogP) is 0.903. The monoisotopic (exact) mass is 60.1 g/mol. The molecule has 0 spiro atoms. The molecule has 0 radical (unpaired) electrons. The summed E-state index contributed by atoms with van der Waals surface area (Å²) in [7, 11) is 0. The van der Waals surface area contributed by atoms with Crippen LogP contribution < -0.4 is 0 Å². The average Bonchev–Trinajstić information content (AvgIpc) is 1.30. The molecule has 0 aromatic rings. The zero-order valence-corrected chi connectivity index (χ0v) is 3.44. The van der Waals surface area contributed by atoms with Crippen LogP contribution in [0, 0.1) is 0 Å². The Bertz CT molecular complexity index is 56.7. The molecular formula is C4H5Li. The van der Waals surface area contributed by atoms with E-state index in [4.69, 9.17) is 0 Å². The summed E-state index contributed by atoms with van der Waals surface area (Å²) in [6.07, 6.45) is 5.73. The topological polar surface area (TPSA) is 0 Å². The van der Waals surface area contributed by atoms with E-state index in [1.807, 2.05) is 0 Å². The molecule has 0 nitrogen and oxygen atoms in total. The molecule has 0 saturated carbocycles. The Balaban J connectivity index is 2.39. The second-order valence-electron chi connectivity index (χ2n) is 1.64. The van der Waals surface area contributed by atoms with Gasteiger partial charge in [0.1, 0.15) is 0 Å². The van der Waals surface area contributed by atoms with E-state index in [2.05, 4.69) is 29.9 Å². The van der Waals surface area contributed by atoms with Crippen LogP contribution in [0.4, 0.5) is 0 Å². The molecule has 1 aliphatic carbocycles. The molecule has 0 N–H and O–H groups in total. The SMILES string of the molecule is [Li][CH]1C=CC1. The van der Waals surface area contributed by atoms with Gasteiger partial charge in [-0.05, 0) is 0 Å². The third-order valence-corrected chi connectivity index (χ3v) is 0.972. The van der Waals surface area contributed by atoms with Gasteiger partial charge in [-0.2, -0.15) is 0 Å². The normalized spacial score (nSPS) is 33.6. The molecule has 0 saturated heterocycles. The van der Waals surface area contributed by atoms with Crippen molar-refractivity contribution < 1.29 is 0 Å². The number of hydrogen-bond acceptors (Lipinski definition) is 0. The van der Waals surface area contributed by atoms with Gasteiger partial charge in [0.05, 0.1) is 0 Å². The van der Waals surface area contributed by atoms with Crippen molar-refractivity contribution in [1.82, 2.24) is 0 Å². The Kier molecular flexibility index (Phi) is 0.848. The Morgan fingerprint density at radius 3 is 2.20 bits per heavy atom. The zero-order valence-electron chi connectivity index (χ0n) is 3.44. The molecule has 1 heteroatoms. The number of hydrogen-bond donors (Lipinski definition) is 0. The zero-order chi connectivity index (χ0) is 3.70. The summed E-state index contributed by atoms with van der Waals surface area (Å²) in [4.78, 5) is 0. The van der Waals surface area contributed by atoms with E-state index in [-0.39, 0.29) is 0 Å². The summed E-state index contributed by atoms with van der Waals surface area (Å²) >= 11 is 2.22. The Morgan fingerprint density at radius 1 is 1.80 bits per heavy atom. The van der Waals surface area contributed by atoms with Gasteiger partial charge in [0, 0.05) is 0 Å². The predicted molar refractivity (Wildman–Crippen MR) is 23.3 cm³/mol. The van der Waals surface area contributed by atoms with Gasteiger partial charge in [0.2, 0.25) is 0 Å². The first-order chi connectivity index (χ1) is 2.39. The summed E-state index contributed by atoms with van der Waals surface area (Å²) in [5, 5.41) is 0. The van der Waals surface area contributed by atoms with Crippen molar-refractivity contribution in [2.75, 3.05) is 0 Å². The van der Waals surface area contributed by atoms with E-state index in [0.29, 0.717) is 0 Å². The molecule has 0 aromatic heterocycles. The summed E-state index contributed by atoms with van der Waals surface area (Å²) < 4.78 is 0.884. The quantitative estimate of drug-likeness (QED) is 0.288. The van der Waals surface area contributed by atoms with Gasteiger partial charge < -0.3 is 0 Å². The van der Waals surface area contributed by atoms with Crippen molar-refractivity contribution in [2.45, 2.75) is 11.0 Å². The van der Waals surface area contributed by atoms with Crippen molar-refractivity contribution in [3.05, 3.63) is 12.2 Å². The van der Waals surface area contributed by atoms with Crippen LogP contribution in [0.3, 0.4) is 0 Å². The van der Waals surface area contributed by atoms with Gasteiger partial charge >= 0.3 is 40.9 Å². The minimum absolute atomic E-state index is 0.884. The second-order valence-corrected chi connectivity index (χ2v) is 1.64. The molecule has 0 fully saturated rings. The van der Waals surface area contributed by atoms with Crippen LogP contribution >= 0.6 is 0 Å². The fraction of sp³-hybridized carbons (Fsp3) is 0.500. The van der Waals surface area contributed by atoms with Gasteiger partial charge in [0.15, 0.2) is 0 Å². The summed E-state index contributed by atoms with van der Waals surface area (Å²) in [5.41, 5.74) is 0. The van der Waals surface area contributed by atoms with E-state index in [1.165, 1.54) is 6.42 Å². The third kappa shape index (κ3) is 0.590. The first-order valence-corrected chi connectivity index (χ1v) is 2.06. The molecule has 5 heavy (non-hydrogen) atoms. The molecule has 0 heterocycles. The molecule has 1 rings (SSSR count). The van der Waals surface area contributed by atoms with Gasteiger partial charge in [-0.1, -0.05) is 0 Å². The summed E-state index contributed by atoms with van der Waals surface area (Å²) in [6.45, 7) is 0. The van der Waals surface area contributed by atoms with E-state index in [9.17, 15) is 0 Å². The molecule has 0 bridgehead atoms. The van der Waals surface area contributed by atoms with Crippen LogP contribution in [0.2, 0.25) is 4.59 Å². The maximum absolute atomic E-state index is 2.22. The van der Waals surface area contributed by atoms with E-state index < -0.39 is 0 Å². The van der Waals surface area contributed by atoms with Gasteiger partial charge in [0.25, 0.3) is 0 Å². The van der Waals surface area contributed by atoms with Crippen molar-refractivity contribution in [3.8, 4) is 0 Å². The Hall–Kier alpha value is 0.337. The standard InChI is InChI=1S/C4H5.Li/c1-2-4-3-1;/h1-3H,4H2;. The summed E-state index contributed by atoms with van der Waals surface area (Å²) in [6, 6.07) is 0. The molecule has 0 aromatic carbocycles. The molecule has 1 aliphatic rings. The molecule has 1 unspecified atom stereocenters. The van der Waals surface area contributed by atoms with Crippen molar-refractivity contribution in [3.63, 3.8) is 0 Å². The van der Waals surface area contributed by atoms with Gasteiger partial charge in [-0.25, -0.2) is 0 Å². The second kappa shape index (κ2) is 1.20. The van der Waals surface area contributed by atoms with Crippen LogP contribution in [0.25, 0.3) is 0 Å². The van der Waals surface area contributed by atoms with Crippen molar-refractivity contribution in [2.24, 2.45) is 0 Å². The third-order valence-electron chi connectivity index (χ3n) is 0.972. The fourth-order valence-corrected chi connectivity index (χ4v) is 0.408.